The van der Waals surface area contributed by atoms with Gasteiger partial charge in [0.25, 0.3) is 0 Å². The molecular weight excluding hydrogens is 212 g/mol. The van der Waals surface area contributed by atoms with Crippen LogP contribution in [0.3, 0.4) is 0 Å². The third kappa shape index (κ3) is 1.84. The lowest BCUT2D eigenvalue weighted by Gasteiger charge is -2.35. The molecule has 0 amide bonds. The van der Waals surface area contributed by atoms with E-state index in [0.717, 1.165) is 19.3 Å². The molecule has 2 aliphatic rings. The predicted octanol–water partition coefficient (Wildman–Crippen LogP) is 2.46. The third-order valence-corrected chi connectivity index (χ3v) is 3.76. The molecule has 2 heterocycles. The van der Waals surface area contributed by atoms with Crippen LogP contribution in [0.25, 0.3) is 0 Å². The number of hydrogen-bond acceptors (Lipinski definition) is 3. The monoisotopic (exact) mass is 228 g/mol. The maximum Gasteiger partial charge on any atom is 0.112 e. The summed E-state index contributed by atoms with van der Waals surface area (Å²) in [5, 5.41) is 9.26. The highest BCUT2D eigenvalue weighted by Gasteiger charge is 2.42. The molecule has 1 aromatic rings. The van der Waals surface area contributed by atoms with Crippen LogP contribution in [0.1, 0.15) is 30.9 Å². The van der Waals surface area contributed by atoms with Crippen molar-refractivity contribution in [1.82, 2.24) is 4.90 Å². The molecular formula is C14H16N2O. The van der Waals surface area contributed by atoms with Crippen LogP contribution in [0.4, 0.5) is 0 Å². The fourth-order valence-corrected chi connectivity index (χ4v) is 2.94. The Labute approximate surface area is 102 Å². The highest BCUT2D eigenvalue weighted by Crippen LogP contribution is 2.38. The van der Waals surface area contributed by atoms with Gasteiger partial charge in [0.1, 0.15) is 12.3 Å². The summed E-state index contributed by atoms with van der Waals surface area (Å²) in [6, 6.07) is 13.1. The van der Waals surface area contributed by atoms with Crippen molar-refractivity contribution in [3.63, 3.8) is 0 Å². The van der Waals surface area contributed by atoms with Crippen molar-refractivity contribution in [2.75, 3.05) is 6.61 Å². The molecule has 1 unspecified atom stereocenters. The van der Waals surface area contributed by atoms with Gasteiger partial charge in [0.15, 0.2) is 0 Å². The Morgan fingerprint density at radius 2 is 2.06 bits per heavy atom. The zero-order valence-electron chi connectivity index (χ0n) is 9.75. The average Bonchev–Trinajstić information content (AvgIpc) is 2.83. The van der Waals surface area contributed by atoms with Crippen molar-refractivity contribution in [1.29, 1.82) is 5.26 Å². The zero-order chi connectivity index (χ0) is 11.7. The van der Waals surface area contributed by atoms with Gasteiger partial charge in [0.05, 0.1) is 18.7 Å². The minimum atomic E-state index is 0.0152. The van der Waals surface area contributed by atoms with Gasteiger partial charge in [0, 0.05) is 0 Å². The highest BCUT2D eigenvalue weighted by atomic mass is 16.5. The largest absolute Gasteiger partial charge is 0.361 e. The number of piperidine rings is 1. The van der Waals surface area contributed by atoms with Gasteiger partial charge < -0.3 is 4.74 Å². The number of benzene rings is 1. The van der Waals surface area contributed by atoms with Gasteiger partial charge >= 0.3 is 0 Å². The molecule has 3 atom stereocenters. The van der Waals surface area contributed by atoms with E-state index < -0.39 is 0 Å². The SMILES string of the molecule is N#CC1CCC[C@@H]2OC[C@H](c3ccccc3)N12. The number of nitrogens with zero attached hydrogens (tertiary/aromatic N) is 2. The first kappa shape index (κ1) is 10.8. The Morgan fingerprint density at radius 1 is 1.24 bits per heavy atom. The number of nitriles is 1. The molecule has 17 heavy (non-hydrogen) atoms. The van der Waals surface area contributed by atoms with Crippen LogP contribution in [-0.4, -0.2) is 23.8 Å². The minimum absolute atomic E-state index is 0.0152. The van der Waals surface area contributed by atoms with E-state index in [4.69, 9.17) is 4.74 Å². The van der Waals surface area contributed by atoms with E-state index in [1.807, 2.05) is 18.2 Å². The topological polar surface area (TPSA) is 36.3 Å². The molecule has 0 spiro atoms. The minimum Gasteiger partial charge on any atom is -0.361 e. The van der Waals surface area contributed by atoms with Gasteiger partial charge in [-0.25, -0.2) is 0 Å². The molecule has 2 saturated heterocycles. The maximum absolute atomic E-state index is 9.26. The number of rotatable bonds is 1. The molecule has 0 N–H and O–H groups in total. The standard InChI is InChI=1S/C14H16N2O/c15-9-12-7-4-8-14-16(12)13(10-17-14)11-5-2-1-3-6-11/h1-3,5-6,12-14H,4,7-8,10H2/t12?,13-,14+/m1/s1. The molecule has 2 aliphatic heterocycles. The van der Waals surface area contributed by atoms with E-state index in [1.165, 1.54) is 5.56 Å². The van der Waals surface area contributed by atoms with Gasteiger partial charge in [-0.05, 0) is 24.8 Å². The summed E-state index contributed by atoms with van der Waals surface area (Å²) in [5.74, 6) is 0. The lowest BCUT2D eigenvalue weighted by atomic mass is 9.98. The summed E-state index contributed by atoms with van der Waals surface area (Å²) in [6.45, 7) is 0.715. The van der Waals surface area contributed by atoms with Gasteiger partial charge in [-0.15, -0.1) is 0 Å². The van der Waals surface area contributed by atoms with Crippen LogP contribution < -0.4 is 0 Å². The van der Waals surface area contributed by atoms with E-state index in [1.54, 1.807) is 0 Å². The Hall–Kier alpha value is -1.37. The zero-order valence-corrected chi connectivity index (χ0v) is 9.75. The van der Waals surface area contributed by atoms with Crippen molar-refractivity contribution in [2.45, 2.75) is 37.6 Å². The first-order valence-corrected chi connectivity index (χ1v) is 6.24. The van der Waals surface area contributed by atoms with Crippen LogP contribution >= 0.6 is 0 Å². The summed E-state index contributed by atoms with van der Waals surface area (Å²) in [6.07, 6.45) is 3.28. The normalized spacial score (nSPS) is 33.0. The summed E-state index contributed by atoms with van der Waals surface area (Å²) in [5.41, 5.74) is 1.26. The Balaban J connectivity index is 1.89. The molecule has 0 aliphatic carbocycles. The highest BCUT2D eigenvalue weighted by molar-refractivity contribution is 5.21. The van der Waals surface area contributed by atoms with Crippen molar-refractivity contribution < 1.29 is 4.74 Å². The molecule has 0 bridgehead atoms. The van der Waals surface area contributed by atoms with Crippen LogP contribution in [-0.2, 0) is 4.74 Å². The smallest absolute Gasteiger partial charge is 0.112 e. The molecule has 88 valence electrons. The summed E-state index contributed by atoms with van der Waals surface area (Å²) < 4.78 is 5.83. The maximum atomic E-state index is 9.26. The van der Waals surface area contributed by atoms with E-state index in [2.05, 4.69) is 23.1 Å². The van der Waals surface area contributed by atoms with Gasteiger partial charge in [-0.2, -0.15) is 5.26 Å². The third-order valence-electron chi connectivity index (χ3n) is 3.76. The number of ether oxygens (including phenoxy) is 1. The van der Waals surface area contributed by atoms with Gasteiger partial charge in [-0.3, -0.25) is 4.90 Å². The van der Waals surface area contributed by atoms with E-state index in [-0.39, 0.29) is 18.3 Å². The Morgan fingerprint density at radius 3 is 2.82 bits per heavy atom. The second-order valence-electron chi connectivity index (χ2n) is 4.74. The molecule has 0 saturated carbocycles. The van der Waals surface area contributed by atoms with Crippen molar-refractivity contribution in [3.05, 3.63) is 35.9 Å². The summed E-state index contributed by atoms with van der Waals surface area (Å²) >= 11 is 0. The van der Waals surface area contributed by atoms with Crippen molar-refractivity contribution in [3.8, 4) is 6.07 Å². The van der Waals surface area contributed by atoms with E-state index >= 15 is 0 Å². The second-order valence-corrected chi connectivity index (χ2v) is 4.74. The molecule has 1 aromatic carbocycles. The average molecular weight is 228 g/mol. The number of hydrogen-bond donors (Lipinski definition) is 0. The van der Waals surface area contributed by atoms with Crippen LogP contribution in [0.5, 0.6) is 0 Å². The van der Waals surface area contributed by atoms with Gasteiger partial charge in [0.2, 0.25) is 0 Å². The number of fused-ring (bicyclic) bond motifs is 1. The van der Waals surface area contributed by atoms with Gasteiger partial charge in [-0.1, -0.05) is 30.3 Å². The van der Waals surface area contributed by atoms with Crippen molar-refractivity contribution >= 4 is 0 Å². The first-order chi connectivity index (χ1) is 8.40. The van der Waals surface area contributed by atoms with Crippen LogP contribution in [0.15, 0.2) is 30.3 Å². The van der Waals surface area contributed by atoms with E-state index in [9.17, 15) is 5.26 Å². The van der Waals surface area contributed by atoms with Crippen LogP contribution in [0.2, 0.25) is 0 Å². The summed E-state index contributed by atoms with van der Waals surface area (Å²) in [4.78, 5) is 2.26. The fourth-order valence-electron chi connectivity index (χ4n) is 2.94. The van der Waals surface area contributed by atoms with E-state index in [0.29, 0.717) is 6.61 Å². The molecule has 2 fully saturated rings. The Bertz CT molecular complexity index is 426. The van der Waals surface area contributed by atoms with Crippen molar-refractivity contribution in [2.24, 2.45) is 0 Å². The fraction of sp³-hybridized carbons (Fsp3) is 0.500. The molecule has 3 nitrogen and oxygen atoms in total. The van der Waals surface area contributed by atoms with Crippen LogP contribution in [0, 0.1) is 11.3 Å². The first-order valence-electron chi connectivity index (χ1n) is 6.24. The molecule has 0 radical (unpaired) electrons. The summed E-state index contributed by atoms with van der Waals surface area (Å²) in [7, 11) is 0. The second kappa shape index (κ2) is 4.48. The quantitative estimate of drug-likeness (QED) is 0.740. The predicted molar refractivity (Wildman–Crippen MR) is 64.0 cm³/mol. The molecule has 3 heteroatoms. The lowest BCUT2D eigenvalue weighted by Crippen LogP contribution is -2.43. The Kier molecular flexibility index (Phi) is 2.84. The molecule has 3 rings (SSSR count). The molecule has 0 aromatic heterocycles. The lowest BCUT2D eigenvalue weighted by molar-refractivity contribution is -0.0121.